The molecule has 3 aromatic carbocycles. The van der Waals surface area contributed by atoms with Gasteiger partial charge in [0.1, 0.15) is 0 Å². The lowest BCUT2D eigenvalue weighted by atomic mass is 10.1. The van der Waals surface area contributed by atoms with Gasteiger partial charge in [-0.1, -0.05) is 54.6 Å². The standard InChI is InChI=1S/C20H15NS/c1-2-6-15(7-3-1)14-22-17-10-11-20-19(12-17)18-9-5-4-8-16(18)13-21-20/h1-13H,14H2. The molecule has 0 spiro atoms. The Hall–Kier alpha value is -2.32. The molecule has 4 rings (SSSR count). The predicted molar refractivity (Wildman–Crippen MR) is 95.3 cm³/mol. The van der Waals surface area contributed by atoms with Crippen LogP contribution in [0.15, 0.2) is 83.9 Å². The van der Waals surface area contributed by atoms with Gasteiger partial charge in [0, 0.05) is 27.6 Å². The van der Waals surface area contributed by atoms with Gasteiger partial charge in [-0.15, -0.1) is 11.8 Å². The maximum absolute atomic E-state index is 4.56. The van der Waals surface area contributed by atoms with E-state index < -0.39 is 0 Å². The van der Waals surface area contributed by atoms with E-state index in [-0.39, 0.29) is 0 Å². The van der Waals surface area contributed by atoms with Crippen molar-refractivity contribution in [1.29, 1.82) is 0 Å². The van der Waals surface area contributed by atoms with E-state index in [2.05, 4.69) is 77.8 Å². The summed E-state index contributed by atoms with van der Waals surface area (Å²) in [6.45, 7) is 0. The number of pyridine rings is 1. The summed E-state index contributed by atoms with van der Waals surface area (Å²) >= 11 is 1.87. The molecule has 0 aliphatic heterocycles. The van der Waals surface area contributed by atoms with E-state index >= 15 is 0 Å². The summed E-state index contributed by atoms with van der Waals surface area (Å²) in [5.41, 5.74) is 2.41. The maximum Gasteiger partial charge on any atom is 0.0709 e. The zero-order valence-electron chi connectivity index (χ0n) is 12.1. The summed E-state index contributed by atoms with van der Waals surface area (Å²) in [4.78, 5) is 5.85. The van der Waals surface area contributed by atoms with Crippen LogP contribution in [0.1, 0.15) is 5.56 Å². The molecule has 0 aliphatic rings. The van der Waals surface area contributed by atoms with E-state index in [9.17, 15) is 0 Å². The first-order valence-electron chi connectivity index (χ1n) is 7.34. The third-order valence-corrected chi connectivity index (χ3v) is 4.87. The minimum Gasteiger partial charge on any atom is -0.256 e. The van der Waals surface area contributed by atoms with Crippen molar-refractivity contribution in [2.45, 2.75) is 10.6 Å². The molecule has 22 heavy (non-hydrogen) atoms. The highest BCUT2D eigenvalue weighted by Gasteiger charge is 2.03. The van der Waals surface area contributed by atoms with E-state index in [1.165, 1.54) is 26.6 Å². The number of aromatic nitrogens is 1. The summed E-state index contributed by atoms with van der Waals surface area (Å²) in [6.07, 6.45) is 1.95. The van der Waals surface area contributed by atoms with Crippen LogP contribution in [-0.4, -0.2) is 4.98 Å². The number of hydrogen-bond donors (Lipinski definition) is 0. The van der Waals surface area contributed by atoms with Crippen LogP contribution in [0.5, 0.6) is 0 Å². The molecule has 0 amide bonds. The molecule has 2 heteroatoms. The minimum atomic E-state index is 0.991. The second kappa shape index (κ2) is 5.82. The van der Waals surface area contributed by atoms with Crippen molar-refractivity contribution in [2.75, 3.05) is 0 Å². The Balaban J connectivity index is 1.71. The van der Waals surface area contributed by atoms with E-state index in [4.69, 9.17) is 0 Å². The normalized spacial score (nSPS) is 11.1. The topological polar surface area (TPSA) is 12.9 Å². The lowest BCUT2D eigenvalue weighted by molar-refractivity contribution is 1.38. The molecule has 0 atom stereocenters. The van der Waals surface area contributed by atoms with Gasteiger partial charge in [-0.25, -0.2) is 0 Å². The van der Waals surface area contributed by atoms with Crippen LogP contribution < -0.4 is 0 Å². The highest BCUT2D eigenvalue weighted by molar-refractivity contribution is 7.98. The van der Waals surface area contributed by atoms with Crippen molar-refractivity contribution in [2.24, 2.45) is 0 Å². The molecule has 0 radical (unpaired) electrons. The first kappa shape index (κ1) is 13.4. The third kappa shape index (κ3) is 2.58. The smallest absolute Gasteiger partial charge is 0.0709 e. The van der Waals surface area contributed by atoms with Crippen molar-refractivity contribution >= 4 is 33.4 Å². The molecule has 0 fully saturated rings. The molecule has 1 nitrogen and oxygen atoms in total. The van der Waals surface area contributed by atoms with Gasteiger partial charge < -0.3 is 0 Å². The van der Waals surface area contributed by atoms with Crippen LogP contribution in [0.4, 0.5) is 0 Å². The van der Waals surface area contributed by atoms with E-state index in [1.807, 2.05) is 18.0 Å². The number of benzene rings is 3. The number of rotatable bonds is 3. The largest absolute Gasteiger partial charge is 0.256 e. The van der Waals surface area contributed by atoms with Crippen LogP contribution in [0.25, 0.3) is 21.7 Å². The number of fused-ring (bicyclic) bond motifs is 3. The second-order valence-electron chi connectivity index (χ2n) is 5.30. The second-order valence-corrected chi connectivity index (χ2v) is 6.35. The van der Waals surface area contributed by atoms with Gasteiger partial charge in [0.15, 0.2) is 0 Å². The highest BCUT2D eigenvalue weighted by atomic mass is 32.2. The molecular formula is C20H15NS. The predicted octanol–water partition coefficient (Wildman–Crippen LogP) is 5.68. The Morgan fingerprint density at radius 1 is 0.773 bits per heavy atom. The lowest BCUT2D eigenvalue weighted by Gasteiger charge is -2.06. The van der Waals surface area contributed by atoms with E-state index in [0.717, 1.165) is 11.3 Å². The van der Waals surface area contributed by atoms with E-state index in [0.29, 0.717) is 0 Å². The molecule has 0 saturated heterocycles. The fourth-order valence-electron chi connectivity index (χ4n) is 2.67. The van der Waals surface area contributed by atoms with Crippen LogP contribution in [0.3, 0.4) is 0 Å². The Morgan fingerprint density at radius 2 is 1.59 bits per heavy atom. The number of nitrogens with zero attached hydrogens (tertiary/aromatic N) is 1. The molecule has 106 valence electrons. The average molecular weight is 301 g/mol. The number of thioether (sulfide) groups is 1. The molecule has 0 unspecified atom stereocenters. The van der Waals surface area contributed by atoms with E-state index in [1.54, 1.807) is 0 Å². The zero-order valence-corrected chi connectivity index (χ0v) is 12.9. The molecule has 1 heterocycles. The van der Waals surface area contributed by atoms with Crippen LogP contribution in [0, 0.1) is 0 Å². The van der Waals surface area contributed by atoms with Crippen molar-refractivity contribution < 1.29 is 0 Å². The highest BCUT2D eigenvalue weighted by Crippen LogP contribution is 2.29. The van der Waals surface area contributed by atoms with Gasteiger partial charge in [-0.3, -0.25) is 4.98 Å². The molecule has 0 aliphatic carbocycles. The quantitative estimate of drug-likeness (QED) is 0.356. The Kier molecular flexibility index (Phi) is 3.53. The van der Waals surface area contributed by atoms with Gasteiger partial charge in [-0.05, 0) is 29.1 Å². The fourth-order valence-corrected chi connectivity index (χ4v) is 3.56. The summed E-state index contributed by atoms with van der Waals surface area (Å²) in [5.74, 6) is 0.991. The van der Waals surface area contributed by atoms with Gasteiger partial charge in [0.2, 0.25) is 0 Å². The summed E-state index contributed by atoms with van der Waals surface area (Å²) in [7, 11) is 0. The SMILES string of the molecule is c1ccc(CSc2ccc3ncc4ccccc4c3c2)cc1. The van der Waals surface area contributed by atoms with Crippen LogP contribution in [-0.2, 0) is 5.75 Å². The van der Waals surface area contributed by atoms with Crippen LogP contribution in [0.2, 0.25) is 0 Å². The maximum atomic E-state index is 4.56. The fraction of sp³-hybridized carbons (Fsp3) is 0.0500. The summed E-state index contributed by atoms with van der Waals surface area (Å²) < 4.78 is 0. The van der Waals surface area contributed by atoms with Gasteiger partial charge in [0.25, 0.3) is 0 Å². The first-order valence-corrected chi connectivity index (χ1v) is 8.33. The Labute approximate surface area is 134 Å². The van der Waals surface area contributed by atoms with Gasteiger partial charge in [-0.2, -0.15) is 0 Å². The van der Waals surface area contributed by atoms with Crippen LogP contribution >= 0.6 is 11.8 Å². The van der Waals surface area contributed by atoms with Gasteiger partial charge >= 0.3 is 0 Å². The van der Waals surface area contributed by atoms with Gasteiger partial charge in [0.05, 0.1) is 5.52 Å². The Bertz CT molecular complexity index is 932. The molecule has 4 aromatic rings. The molecule has 0 N–H and O–H groups in total. The van der Waals surface area contributed by atoms with Crippen molar-refractivity contribution in [3.8, 4) is 0 Å². The van der Waals surface area contributed by atoms with Crippen molar-refractivity contribution in [1.82, 2.24) is 4.98 Å². The lowest BCUT2D eigenvalue weighted by Crippen LogP contribution is -1.84. The summed E-state index contributed by atoms with van der Waals surface area (Å²) in [6, 6.07) is 25.6. The van der Waals surface area contributed by atoms with Crippen molar-refractivity contribution in [3.05, 3.63) is 84.6 Å². The molecule has 0 bridgehead atoms. The Morgan fingerprint density at radius 3 is 2.50 bits per heavy atom. The summed E-state index contributed by atoms with van der Waals surface area (Å²) in [5, 5.41) is 3.70. The molecule has 0 saturated carbocycles. The average Bonchev–Trinajstić information content (AvgIpc) is 2.60. The first-order chi connectivity index (χ1) is 10.9. The number of hydrogen-bond acceptors (Lipinski definition) is 2. The third-order valence-electron chi connectivity index (χ3n) is 3.81. The zero-order chi connectivity index (χ0) is 14.8. The van der Waals surface area contributed by atoms with Crippen molar-refractivity contribution in [3.63, 3.8) is 0 Å². The minimum absolute atomic E-state index is 0.991. The molecule has 1 aromatic heterocycles. The monoisotopic (exact) mass is 301 g/mol. The molecular weight excluding hydrogens is 286 g/mol.